The molecule has 0 fully saturated rings. The quantitative estimate of drug-likeness (QED) is 0.716. The first-order chi connectivity index (χ1) is 11.0. The molecule has 0 spiro atoms. The highest BCUT2D eigenvalue weighted by Gasteiger charge is 2.10. The molecule has 7 heteroatoms. The number of aromatic nitrogens is 1. The fourth-order valence-electron chi connectivity index (χ4n) is 2.09. The second-order valence-corrected chi connectivity index (χ2v) is 8.13. The minimum absolute atomic E-state index is 0.102. The largest absolute Gasteiger partial charge is 0.238 e. The maximum Gasteiger partial charge on any atom is 0.238 e. The summed E-state index contributed by atoms with van der Waals surface area (Å²) in [5, 5.41) is 7.95. The number of primary sulfonamides is 1. The molecular weight excluding hydrogens is 348 g/mol. The fourth-order valence-corrected chi connectivity index (χ4v) is 3.85. The van der Waals surface area contributed by atoms with Crippen molar-refractivity contribution in [2.24, 2.45) is 5.14 Å². The van der Waals surface area contributed by atoms with Crippen molar-refractivity contribution in [3.63, 3.8) is 0 Å². The van der Waals surface area contributed by atoms with E-state index < -0.39 is 10.0 Å². The number of nitrogens with two attached hydrogens (primary N) is 1. The molecule has 0 aliphatic heterocycles. The summed E-state index contributed by atoms with van der Waals surface area (Å²) >= 11 is 3.22. The Balaban J connectivity index is 1.89. The van der Waals surface area contributed by atoms with Gasteiger partial charge in [0.25, 0.3) is 0 Å². The van der Waals surface area contributed by atoms with Crippen LogP contribution in [0.15, 0.2) is 63.7 Å². The van der Waals surface area contributed by atoms with Crippen LogP contribution in [-0.4, -0.2) is 19.7 Å². The van der Waals surface area contributed by atoms with Gasteiger partial charge in [-0.05, 0) is 30.5 Å². The molecule has 0 amide bonds. The normalized spacial score (nSPS) is 11.6. The van der Waals surface area contributed by atoms with Gasteiger partial charge in [-0.3, -0.25) is 0 Å². The summed E-state index contributed by atoms with van der Waals surface area (Å²) in [5.41, 5.74) is 2.84. The molecule has 0 saturated heterocycles. The summed E-state index contributed by atoms with van der Waals surface area (Å²) in [6.45, 7) is 0. The summed E-state index contributed by atoms with van der Waals surface area (Å²) in [4.78, 5) is 5.94. The second-order valence-electron chi connectivity index (χ2n) is 4.84. The summed E-state index contributed by atoms with van der Waals surface area (Å²) in [5.74, 6) is 0. The van der Waals surface area contributed by atoms with Gasteiger partial charge in [-0.2, -0.15) is 0 Å². The maximum atomic E-state index is 11.3. The van der Waals surface area contributed by atoms with Crippen LogP contribution in [0.5, 0.6) is 0 Å². The van der Waals surface area contributed by atoms with Gasteiger partial charge < -0.3 is 0 Å². The molecule has 3 rings (SSSR count). The average molecular weight is 363 g/mol. The zero-order valence-corrected chi connectivity index (χ0v) is 14.7. The zero-order valence-electron chi connectivity index (χ0n) is 12.3. The Bertz CT molecular complexity index is 915. The van der Waals surface area contributed by atoms with Gasteiger partial charge in [0, 0.05) is 21.4 Å². The van der Waals surface area contributed by atoms with Gasteiger partial charge in [0.15, 0.2) is 0 Å². The van der Waals surface area contributed by atoms with Crippen molar-refractivity contribution in [2.75, 3.05) is 6.26 Å². The molecule has 0 aliphatic carbocycles. The van der Waals surface area contributed by atoms with Gasteiger partial charge in [-0.25, -0.2) is 18.5 Å². The van der Waals surface area contributed by atoms with Gasteiger partial charge in [-0.15, -0.1) is 23.1 Å². The Morgan fingerprint density at radius 1 is 1.00 bits per heavy atom. The number of sulfonamides is 1. The molecule has 118 valence electrons. The average Bonchev–Trinajstić information content (AvgIpc) is 3.04. The number of hydrogen-bond donors (Lipinski definition) is 1. The summed E-state index contributed by atoms with van der Waals surface area (Å²) in [6.07, 6.45) is 2.04. The molecule has 0 radical (unpaired) electrons. The molecule has 4 nitrogen and oxygen atoms in total. The Morgan fingerprint density at radius 3 is 2.17 bits per heavy atom. The van der Waals surface area contributed by atoms with E-state index in [1.165, 1.54) is 28.4 Å². The van der Waals surface area contributed by atoms with Gasteiger partial charge in [0.1, 0.15) is 5.01 Å². The first-order valence-electron chi connectivity index (χ1n) is 6.70. The molecule has 0 atom stereocenters. The molecule has 2 aromatic carbocycles. The van der Waals surface area contributed by atoms with E-state index in [1.807, 2.05) is 11.6 Å². The third kappa shape index (κ3) is 3.64. The molecule has 1 aromatic heterocycles. The minimum Gasteiger partial charge on any atom is -0.236 e. The molecule has 3 aromatic rings. The third-order valence-corrected chi connectivity index (χ3v) is 5.88. The fraction of sp³-hybridized carbons (Fsp3) is 0.0625. The molecule has 0 aliphatic rings. The van der Waals surface area contributed by atoms with Crippen LogP contribution in [0.1, 0.15) is 0 Å². The predicted molar refractivity (Wildman–Crippen MR) is 96.1 cm³/mol. The van der Waals surface area contributed by atoms with Crippen molar-refractivity contribution in [1.29, 1.82) is 0 Å². The lowest BCUT2D eigenvalue weighted by Crippen LogP contribution is -2.11. The van der Waals surface area contributed by atoms with Crippen molar-refractivity contribution in [3.8, 4) is 21.8 Å². The highest BCUT2D eigenvalue weighted by Crippen LogP contribution is 2.30. The Morgan fingerprint density at radius 2 is 1.61 bits per heavy atom. The standard InChI is InChI=1S/C16H14N2O2S3/c1-21-13-6-2-11(3-7-13)15-10-22-16(18-15)12-4-8-14(9-5-12)23(17,19)20/h2-10H,1H3,(H2,17,19,20). The van der Waals surface area contributed by atoms with E-state index in [0.717, 1.165) is 21.8 Å². The predicted octanol–water partition coefficient (Wildman–Crippen LogP) is 3.85. The molecule has 2 N–H and O–H groups in total. The first-order valence-corrected chi connectivity index (χ1v) is 10.4. The van der Waals surface area contributed by atoms with E-state index >= 15 is 0 Å². The summed E-state index contributed by atoms with van der Waals surface area (Å²) in [7, 11) is -3.67. The number of hydrogen-bond acceptors (Lipinski definition) is 5. The van der Waals surface area contributed by atoms with E-state index in [-0.39, 0.29) is 4.90 Å². The number of thiazole rings is 1. The summed E-state index contributed by atoms with van der Waals surface area (Å²) < 4.78 is 22.6. The lowest BCUT2D eigenvalue weighted by molar-refractivity contribution is 0.598. The molecule has 0 unspecified atom stereocenters. The van der Waals surface area contributed by atoms with Crippen LogP contribution in [0.3, 0.4) is 0 Å². The highest BCUT2D eigenvalue weighted by molar-refractivity contribution is 7.98. The van der Waals surface area contributed by atoms with E-state index in [1.54, 1.807) is 23.9 Å². The van der Waals surface area contributed by atoms with Crippen LogP contribution in [0, 0.1) is 0 Å². The highest BCUT2D eigenvalue weighted by atomic mass is 32.2. The molecule has 0 bridgehead atoms. The van der Waals surface area contributed by atoms with Crippen molar-refractivity contribution < 1.29 is 8.42 Å². The van der Waals surface area contributed by atoms with Gasteiger partial charge in [-0.1, -0.05) is 24.3 Å². The Kier molecular flexibility index (Phi) is 4.54. The number of rotatable bonds is 4. The Labute approximate surface area is 143 Å². The maximum absolute atomic E-state index is 11.3. The van der Waals surface area contributed by atoms with Gasteiger partial charge in [0.05, 0.1) is 10.6 Å². The second kappa shape index (κ2) is 6.45. The molecule has 1 heterocycles. The number of benzene rings is 2. The smallest absolute Gasteiger partial charge is 0.236 e. The Hall–Kier alpha value is -1.67. The first kappa shape index (κ1) is 16.2. The van der Waals surface area contributed by atoms with Crippen LogP contribution >= 0.6 is 23.1 Å². The minimum atomic E-state index is -3.67. The lowest BCUT2D eigenvalue weighted by Gasteiger charge is -2.00. The molecule has 23 heavy (non-hydrogen) atoms. The van der Waals surface area contributed by atoms with Crippen molar-refractivity contribution in [1.82, 2.24) is 4.98 Å². The SMILES string of the molecule is CSc1ccc(-c2csc(-c3ccc(S(N)(=O)=O)cc3)n2)cc1. The van der Waals surface area contributed by atoms with Crippen molar-refractivity contribution in [3.05, 3.63) is 53.9 Å². The van der Waals surface area contributed by atoms with E-state index in [4.69, 9.17) is 5.14 Å². The van der Waals surface area contributed by atoms with Gasteiger partial charge in [0.2, 0.25) is 10.0 Å². The third-order valence-electron chi connectivity index (χ3n) is 3.32. The molecular formula is C16H14N2O2S3. The van der Waals surface area contributed by atoms with Crippen LogP contribution in [0.2, 0.25) is 0 Å². The van der Waals surface area contributed by atoms with Gasteiger partial charge >= 0.3 is 0 Å². The van der Waals surface area contributed by atoms with Crippen molar-refractivity contribution >= 4 is 33.1 Å². The lowest BCUT2D eigenvalue weighted by atomic mass is 10.2. The van der Waals surface area contributed by atoms with E-state index in [9.17, 15) is 8.42 Å². The van der Waals surface area contributed by atoms with Crippen LogP contribution in [0.4, 0.5) is 0 Å². The number of thioether (sulfide) groups is 1. The zero-order chi connectivity index (χ0) is 16.4. The van der Waals surface area contributed by atoms with Crippen LogP contribution in [0.25, 0.3) is 21.8 Å². The topological polar surface area (TPSA) is 73.1 Å². The van der Waals surface area contributed by atoms with Crippen LogP contribution in [-0.2, 0) is 10.0 Å². The summed E-state index contributed by atoms with van der Waals surface area (Å²) in [6, 6.07) is 14.7. The monoisotopic (exact) mass is 362 g/mol. The number of nitrogens with zero attached hydrogens (tertiary/aromatic N) is 1. The van der Waals surface area contributed by atoms with Crippen molar-refractivity contribution in [2.45, 2.75) is 9.79 Å². The molecule has 0 saturated carbocycles. The van der Waals surface area contributed by atoms with Crippen LogP contribution < -0.4 is 5.14 Å². The van der Waals surface area contributed by atoms with E-state index in [0.29, 0.717) is 0 Å². The van der Waals surface area contributed by atoms with E-state index in [2.05, 4.69) is 29.2 Å².